The third-order valence-corrected chi connectivity index (χ3v) is 2.90. The van der Waals surface area contributed by atoms with E-state index < -0.39 is 6.03 Å². The Balaban J connectivity index is 2.03. The molecule has 108 valence electrons. The number of nitrogens with one attached hydrogen (secondary N) is 2. The molecule has 21 heavy (non-hydrogen) atoms. The van der Waals surface area contributed by atoms with Crippen molar-refractivity contribution < 1.29 is 9.90 Å². The van der Waals surface area contributed by atoms with E-state index in [-0.39, 0.29) is 5.75 Å². The number of carbonyl (C=O) groups excluding carboxylic acids is 1. The number of anilines is 1. The smallest absolute Gasteiger partial charge is 0.339 e. The molecule has 0 heterocycles. The number of aromatic hydroxyl groups is 1. The molecule has 0 aliphatic heterocycles. The Kier molecular flexibility index (Phi) is 4.56. The van der Waals surface area contributed by atoms with Crippen LogP contribution in [0.4, 0.5) is 10.5 Å². The molecule has 2 aromatic carbocycles. The number of hydrazone groups is 1. The van der Waals surface area contributed by atoms with E-state index in [0.717, 1.165) is 5.56 Å². The highest BCUT2D eigenvalue weighted by Crippen LogP contribution is 2.18. The molecule has 0 aliphatic carbocycles. The molecule has 5 nitrogen and oxygen atoms in total. The lowest BCUT2D eigenvalue weighted by Gasteiger charge is -2.07. The van der Waals surface area contributed by atoms with Crippen LogP contribution in [0.1, 0.15) is 18.1 Å². The topological polar surface area (TPSA) is 73.7 Å². The highest BCUT2D eigenvalue weighted by Gasteiger charge is 2.06. The lowest BCUT2D eigenvalue weighted by atomic mass is 10.1. The molecule has 0 saturated carbocycles. The molecular weight excluding hydrogens is 266 g/mol. The van der Waals surface area contributed by atoms with Crippen molar-refractivity contribution in [3.05, 3.63) is 59.7 Å². The minimum absolute atomic E-state index is 0.132. The Morgan fingerprint density at radius 2 is 1.86 bits per heavy atom. The number of amides is 2. The molecule has 0 radical (unpaired) electrons. The fourth-order valence-corrected chi connectivity index (χ4v) is 1.82. The molecule has 0 saturated heterocycles. The van der Waals surface area contributed by atoms with Crippen LogP contribution in [0.15, 0.2) is 53.6 Å². The summed E-state index contributed by atoms with van der Waals surface area (Å²) in [4.78, 5) is 11.7. The Morgan fingerprint density at radius 3 is 2.57 bits per heavy atom. The average Bonchev–Trinajstić information content (AvgIpc) is 2.48. The van der Waals surface area contributed by atoms with Gasteiger partial charge in [-0.05, 0) is 38.1 Å². The molecule has 0 bridgehead atoms. The zero-order valence-corrected chi connectivity index (χ0v) is 11.9. The lowest BCUT2D eigenvalue weighted by molar-refractivity contribution is 0.252. The quantitative estimate of drug-likeness (QED) is 0.597. The third kappa shape index (κ3) is 4.07. The van der Waals surface area contributed by atoms with Crippen molar-refractivity contribution in [3.8, 4) is 5.75 Å². The first-order valence-corrected chi connectivity index (χ1v) is 6.52. The Hall–Kier alpha value is -2.82. The molecule has 2 amide bonds. The maximum absolute atomic E-state index is 11.7. The van der Waals surface area contributed by atoms with Crippen LogP contribution in [-0.2, 0) is 0 Å². The van der Waals surface area contributed by atoms with E-state index in [4.69, 9.17) is 0 Å². The largest absolute Gasteiger partial charge is 0.507 e. The standard InChI is InChI=1S/C16H17N3O2/c1-11-8-9-15(20)14(10-11)12(2)18-19-16(21)17-13-6-4-3-5-7-13/h3-10,20H,1-2H3,(H2,17,19,21)/b18-12+. The first-order chi connectivity index (χ1) is 10.1. The number of urea groups is 1. The molecule has 0 spiro atoms. The van der Waals surface area contributed by atoms with Crippen LogP contribution < -0.4 is 10.7 Å². The van der Waals surface area contributed by atoms with E-state index in [9.17, 15) is 9.90 Å². The molecule has 0 fully saturated rings. The zero-order chi connectivity index (χ0) is 15.2. The molecule has 0 atom stereocenters. The van der Waals surface area contributed by atoms with Crippen molar-refractivity contribution in [1.82, 2.24) is 5.43 Å². The number of aryl methyl sites for hydroxylation is 1. The SMILES string of the molecule is C/C(=N\NC(=O)Nc1ccccc1)c1cc(C)ccc1O. The molecule has 2 rings (SSSR count). The van der Waals surface area contributed by atoms with E-state index in [0.29, 0.717) is 17.0 Å². The van der Waals surface area contributed by atoms with Gasteiger partial charge in [0.25, 0.3) is 0 Å². The maximum Gasteiger partial charge on any atom is 0.339 e. The monoisotopic (exact) mass is 283 g/mol. The molecule has 0 unspecified atom stereocenters. The number of rotatable bonds is 3. The predicted molar refractivity (Wildman–Crippen MR) is 83.7 cm³/mol. The second-order valence-electron chi connectivity index (χ2n) is 4.65. The average molecular weight is 283 g/mol. The summed E-state index contributed by atoms with van der Waals surface area (Å²) >= 11 is 0. The second-order valence-corrected chi connectivity index (χ2v) is 4.65. The van der Waals surface area contributed by atoms with E-state index in [2.05, 4.69) is 15.8 Å². The van der Waals surface area contributed by atoms with Gasteiger partial charge >= 0.3 is 6.03 Å². The minimum atomic E-state index is -0.437. The summed E-state index contributed by atoms with van der Waals surface area (Å²) in [6.07, 6.45) is 0. The molecule has 3 N–H and O–H groups in total. The van der Waals surface area contributed by atoms with Crippen molar-refractivity contribution in [2.45, 2.75) is 13.8 Å². The zero-order valence-electron chi connectivity index (χ0n) is 11.9. The van der Waals surface area contributed by atoms with Gasteiger partial charge in [0, 0.05) is 11.3 Å². The van der Waals surface area contributed by atoms with Gasteiger partial charge in [0.1, 0.15) is 5.75 Å². The van der Waals surface area contributed by atoms with Gasteiger partial charge in [-0.1, -0.05) is 29.8 Å². The number of hydrogen-bond donors (Lipinski definition) is 3. The van der Waals surface area contributed by atoms with Crippen molar-refractivity contribution in [2.75, 3.05) is 5.32 Å². The first kappa shape index (κ1) is 14.6. The van der Waals surface area contributed by atoms with E-state index in [1.165, 1.54) is 0 Å². The Bertz CT molecular complexity index is 666. The number of benzene rings is 2. The summed E-state index contributed by atoms with van der Waals surface area (Å²) in [6.45, 7) is 3.64. The third-order valence-electron chi connectivity index (χ3n) is 2.90. The van der Waals surface area contributed by atoms with Crippen LogP contribution in [0.25, 0.3) is 0 Å². The second kappa shape index (κ2) is 6.56. The van der Waals surface area contributed by atoms with Gasteiger partial charge in [0.05, 0.1) is 5.71 Å². The van der Waals surface area contributed by atoms with Gasteiger partial charge in [-0.25, -0.2) is 10.2 Å². The molecule has 2 aromatic rings. The summed E-state index contributed by atoms with van der Waals surface area (Å²) < 4.78 is 0. The van der Waals surface area contributed by atoms with Crippen LogP contribution in [0.3, 0.4) is 0 Å². The van der Waals surface area contributed by atoms with Crippen molar-refractivity contribution in [3.63, 3.8) is 0 Å². The van der Waals surface area contributed by atoms with Crippen molar-refractivity contribution >= 4 is 17.4 Å². The number of hydrogen-bond acceptors (Lipinski definition) is 3. The molecule has 0 aromatic heterocycles. The minimum Gasteiger partial charge on any atom is -0.507 e. The van der Waals surface area contributed by atoms with Gasteiger partial charge in [-0.3, -0.25) is 0 Å². The first-order valence-electron chi connectivity index (χ1n) is 6.52. The summed E-state index contributed by atoms with van der Waals surface area (Å²) in [7, 11) is 0. The summed E-state index contributed by atoms with van der Waals surface area (Å²) in [5.41, 5.74) is 5.21. The predicted octanol–water partition coefficient (Wildman–Crippen LogP) is 3.25. The lowest BCUT2D eigenvalue weighted by Crippen LogP contribution is -2.25. The van der Waals surface area contributed by atoms with Crippen LogP contribution >= 0.6 is 0 Å². The van der Waals surface area contributed by atoms with Crippen molar-refractivity contribution in [2.24, 2.45) is 5.10 Å². The Morgan fingerprint density at radius 1 is 1.14 bits per heavy atom. The van der Waals surface area contributed by atoms with E-state index in [1.807, 2.05) is 37.3 Å². The maximum atomic E-state index is 11.7. The summed E-state index contributed by atoms with van der Waals surface area (Å²) in [5, 5.41) is 16.4. The number of nitrogens with zero attached hydrogens (tertiary/aromatic N) is 1. The van der Waals surface area contributed by atoms with Crippen LogP contribution in [0, 0.1) is 6.92 Å². The number of para-hydroxylation sites is 1. The van der Waals surface area contributed by atoms with Crippen LogP contribution in [0.2, 0.25) is 0 Å². The highest BCUT2D eigenvalue weighted by molar-refractivity contribution is 6.02. The number of phenols is 1. The van der Waals surface area contributed by atoms with Crippen molar-refractivity contribution in [1.29, 1.82) is 0 Å². The number of carbonyl (C=O) groups is 1. The van der Waals surface area contributed by atoms with Gasteiger partial charge < -0.3 is 10.4 Å². The summed E-state index contributed by atoms with van der Waals surface area (Å²) in [6, 6.07) is 13.9. The molecule has 5 heteroatoms. The normalized spacial score (nSPS) is 11.0. The fourth-order valence-electron chi connectivity index (χ4n) is 1.82. The van der Waals surface area contributed by atoms with Gasteiger partial charge in [0.2, 0.25) is 0 Å². The highest BCUT2D eigenvalue weighted by atomic mass is 16.3. The van der Waals surface area contributed by atoms with Gasteiger partial charge in [-0.2, -0.15) is 5.10 Å². The van der Waals surface area contributed by atoms with E-state index in [1.54, 1.807) is 25.1 Å². The molecule has 0 aliphatic rings. The summed E-state index contributed by atoms with van der Waals surface area (Å²) in [5.74, 6) is 0.132. The van der Waals surface area contributed by atoms with Crippen LogP contribution in [-0.4, -0.2) is 16.8 Å². The van der Waals surface area contributed by atoms with Gasteiger partial charge in [0.15, 0.2) is 0 Å². The molecular formula is C16H17N3O2. The van der Waals surface area contributed by atoms with Gasteiger partial charge in [-0.15, -0.1) is 0 Å². The Labute approximate surface area is 123 Å². The van der Waals surface area contributed by atoms with Crippen LogP contribution in [0.5, 0.6) is 5.75 Å². The van der Waals surface area contributed by atoms with E-state index >= 15 is 0 Å². The fraction of sp³-hybridized carbons (Fsp3) is 0.125. The number of phenolic OH excluding ortho intramolecular Hbond substituents is 1.